The first-order chi connectivity index (χ1) is 8.09. The number of carbonyl (C=O) groups is 1. The van der Waals surface area contributed by atoms with E-state index in [9.17, 15) is 13.2 Å². The largest absolute Gasteiger partial charge is 0.292 e. The van der Waals surface area contributed by atoms with E-state index in [2.05, 4.69) is 0 Å². The first kappa shape index (κ1) is 12.5. The maximum absolute atomic E-state index is 12.0. The molecule has 0 fully saturated rings. The fourth-order valence-electron chi connectivity index (χ4n) is 1.86. The first-order valence-corrected chi connectivity index (χ1v) is 8.11. The average Bonchev–Trinajstić information content (AvgIpc) is 2.83. The second kappa shape index (κ2) is 5.14. The number of allylic oxidation sites excluding steroid dienone is 2. The quantitative estimate of drug-likeness (QED) is 0.790. The summed E-state index contributed by atoms with van der Waals surface area (Å²) in [6, 6.07) is 3.42. The van der Waals surface area contributed by atoms with E-state index in [4.69, 9.17) is 0 Å². The molecular weight excluding hydrogens is 256 g/mol. The van der Waals surface area contributed by atoms with Gasteiger partial charge in [0, 0.05) is 4.91 Å². The van der Waals surface area contributed by atoms with E-state index >= 15 is 0 Å². The minimum Gasteiger partial charge on any atom is -0.292 e. The van der Waals surface area contributed by atoms with Gasteiger partial charge in [0.15, 0.2) is 15.6 Å². The zero-order valence-corrected chi connectivity index (χ0v) is 11.0. The van der Waals surface area contributed by atoms with Gasteiger partial charge < -0.3 is 0 Å². The Kier molecular flexibility index (Phi) is 3.79. The Morgan fingerprint density at radius 1 is 1.35 bits per heavy atom. The molecule has 92 valence electrons. The molecule has 0 N–H and O–H groups in total. The maximum atomic E-state index is 12.0. The van der Waals surface area contributed by atoms with E-state index in [1.165, 1.54) is 11.3 Å². The predicted molar refractivity (Wildman–Crippen MR) is 69.0 cm³/mol. The summed E-state index contributed by atoms with van der Waals surface area (Å²) in [6.07, 6.45) is 5.10. The van der Waals surface area contributed by atoms with Gasteiger partial charge in [0.2, 0.25) is 0 Å². The van der Waals surface area contributed by atoms with Crippen LogP contribution in [-0.2, 0) is 9.84 Å². The lowest BCUT2D eigenvalue weighted by molar-refractivity contribution is 0.102. The molecule has 2 rings (SSSR count). The second-order valence-electron chi connectivity index (χ2n) is 4.08. The Morgan fingerprint density at radius 3 is 2.76 bits per heavy atom. The van der Waals surface area contributed by atoms with Crippen molar-refractivity contribution >= 4 is 27.0 Å². The van der Waals surface area contributed by atoms with Crippen molar-refractivity contribution in [3.8, 4) is 0 Å². The fourth-order valence-corrected chi connectivity index (χ4v) is 4.13. The molecular formula is C12H14O3S2. The van der Waals surface area contributed by atoms with Crippen LogP contribution in [0.15, 0.2) is 28.5 Å². The van der Waals surface area contributed by atoms with E-state index in [1.807, 2.05) is 0 Å². The van der Waals surface area contributed by atoms with Gasteiger partial charge >= 0.3 is 0 Å². The lowest BCUT2D eigenvalue weighted by Crippen LogP contribution is -2.18. The smallest absolute Gasteiger partial charge is 0.188 e. The molecule has 0 saturated heterocycles. The first-order valence-electron chi connectivity index (χ1n) is 5.58. The molecule has 0 saturated carbocycles. The van der Waals surface area contributed by atoms with Crippen LogP contribution in [0.3, 0.4) is 0 Å². The summed E-state index contributed by atoms with van der Waals surface area (Å²) in [5.74, 6) is -0.689. The van der Waals surface area contributed by atoms with E-state index in [0.29, 0.717) is 16.2 Å². The molecule has 0 radical (unpaired) electrons. The van der Waals surface area contributed by atoms with Crippen molar-refractivity contribution in [1.82, 2.24) is 0 Å². The molecule has 0 amide bonds. The van der Waals surface area contributed by atoms with E-state index in [0.717, 1.165) is 19.3 Å². The molecule has 3 nitrogen and oxygen atoms in total. The van der Waals surface area contributed by atoms with Crippen molar-refractivity contribution < 1.29 is 13.2 Å². The van der Waals surface area contributed by atoms with E-state index in [1.54, 1.807) is 23.6 Å². The van der Waals surface area contributed by atoms with Gasteiger partial charge in [-0.05, 0) is 37.1 Å². The maximum Gasteiger partial charge on any atom is 0.188 e. The molecule has 0 bridgehead atoms. The van der Waals surface area contributed by atoms with Crippen molar-refractivity contribution in [2.75, 3.05) is 5.75 Å². The van der Waals surface area contributed by atoms with E-state index in [-0.39, 0.29) is 11.5 Å². The molecule has 5 heteroatoms. The Hall–Kier alpha value is -0.940. The van der Waals surface area contributed by atoms with E-state index < -0.39 is 9.84 Å². The number of sulfone groups is 1. The molecule has 0 aromatic carbocycles. The highest BCUT2D eigenvalue weighted by molar-refractivity contribution is 7.95. The molecule has 1 heterocycles. The standard InChI is InChI=1S/C12H14O3S2/c13-11(12-7-4-8-16-12)9-17(14,15)10-5-2-1-3-6-10/h4-5,7-8H,1-3,6,9H2. The zero-order valence-electron chi connectivity index (χ0n) is 9.39. The van der Waals surface area contributed by atoms with Crippen LogP contribution >= 0.6 is 11.3 Å². The lowest BCUT2D eigenvalue weighted by Gasteiger charge is -2.12. The number of hydrogen-bond donors (Lipinski definition) is 0. The Balaban J connectivity index is 2.12. The summed E-state index contributed by atoms with van der Waals surface area (Å²) in [5.41, 5.74) is 0. The zero-order chi connectivity index (χ0) is 12.3. The minimum atomic E-state index is -3.39. The van der Waals surface area contributed by atoms with Gasteiger partial charge in [0.1, 0.15) is 5.75 Å². The van der Waals surface area contributed by atoms with Crippen LogP contribution in [0, 0.1) is 0 Å². The Labute approximate surface area is 105 Å². The molecule has 17 heavy (non-hydrogen) atoms. The van der Waals surface area contributed by atoms with Crippen LogP contribution in [-0.4, -0.2) is 20.0 Å². The highest BCUT2D eigenvalue weighted by Gasteiger charge is 2.23. The summed E-state index contributed by atoms with van der Waals surface area (Å²) >= 11 is 1.28. The normalized spacial score (nSPS) is 16.6. The molecule has 1 aliphatic carbocycles. The summed E-state index contributed by atoms with van der Waals surface area (Å²) in [7, 11) is -3.39. The number of thiophene rings is 1. The summed E-state index contributed by atoms with van der Waals surface area (Å²) < 4.78 is 24.0. The number of hydrogen-bond acceptors (Lipinski definition) is 4. The number of ketones is 1. The SMILES string of the molecule is O=C(CS(=O)(=O)C1=CCCCC1)c1cccs1. The van der Waals surface area contributed by atoms with Crippen molar-refractivity contribution in [1.29, 1.82) is 0 Å². The number of carbonyl (C=O) groups excluding carboxylic acids is 1. The average molecular weight is 270 g/mol. The third-order valence-electron chi connectivity index (χ3n) is 2.77. The predicted octanol–water partition coefficient (Wildman–Crippen LogP) is 2.80. The third kappa shape index (κ3) is 3.04. The van der Waals surface area contributed by atoms with Gasteiger partial charge in [0.05, 0.1) is 4.88 Å². The van der Waals surface area contributed by atoms with Crippen molar-refractivity contribution in [2.24, 2.45) is 0 Å². The molecule has 0 atom stereocenters. The molecule has 1 aromatic rings. The van der Waals surface area contributed by atoms with Crippen molar-refractivity contribution in [2.45, 2.75) is 25.7 Å². The van der Waals surface area contributed by atoms with Gasteiger partial charge in [-0.1, -0.05) is 12.1 Å². The van der Waals surface area contributed by atoms with Crippen LogP contribution in [0.5, 0.6) is 0 Å². The highest BCUT2D eigenvalue weighted by atomic mass is 32.2. The van der Waals surface area contributed by atoms with Crippen molar-refractivity contribution in [3.05, 3.63) is 33.4 Å². The van der Waals surface area contributed by atoms with Gasteiger partial charge in [-0.2, -0.15) is 0 Å². The van der Waals surface area contributed by atoms with Gasteiger partial charge in [0.25, 0.3) is 0 Å². The summed E-state index contributed by atoms with van der Waals surface area (Å²) in [4.78, 5) is 12.7. The van der Waals surface area contributed by atoms with Crippen LogP contribution < -0.4 is 0 Å². The fraction of sp³-hybridized carbons (Fsp3) is 0.417. The van der Waals surface area contributed by atoms with Crippen LogP contribution in [0.1, 0.15) is 35.4 Å². The topological polar surface area (TPSA) is 51.2 Å². The number of Topliss-reactive ketones (excluding diaryl/α,β-unsaturated/α-hetero) is 1. The highest BCUT2D eigenvalue weighted by Crippen LogP contribution is 2.23. The summed E-state index contributed by atoms with van der Waals surface area (Å²) in [6.45, 7) is 0. The molecule has 1 aromatic heterocycles. The number of rotatable bonds is 4. The Bertz CT molecular complexity index is 524. The molecule has 0 aliphatic heterocycles. The molecule has 0 spiro atoms. The second-order valence-corrected chi connectivity index (χ2v) is 7.07. The van der Waals surface area contributed by atoms with Crippen molar-refractivity contribution in [3.63, 3.8) is 0 Å². The minimum absolute atomic E-state index is 0.300. The lowest BCUT2D eigenvalue weighted by atomic mass is 10.1. The Morgan fingerprint density at radius 2 is 2.18 bits per heavy atom. The van der Waals surface area contributed by atoms with Gasteiger partial charge in [-0.25, -0.2) is 8.42 Å². The van der Waals surface area contributed by atoms with Crippen LogP contribution in [0.4, 0.5) is 0 Å². The van der Waals surface area contributed by atoms with Crippen LogP contribution in [0.25, 0.3) is 0 Å². The molecule has 0 unspecified atom stereocenters. The van der Waals surface area contributed by atoms with Gasteiger partial charge in [-0.3, -0.25) is 4.79 Å². The van der Waals surface area contributed by atoms with Gasteiger partial charge in [-0.15, -0.1) is 11.3 Å². The summed E-state index contributed by atoms with van der Waals surface area (Å²) in [5, 5.41) is 1.78. The third-order valence-corrected chi connectivity index (χ3v) is 5.49. The van der Waals surface area contributed by atoms with Crippen LogP contribution in [0.2, 0.25) is 0 Å². The monoisotopic (exact) mass is 270 g/mol. The molecule has 1 aliphatic rings.